The quantitative estimate of drug-likeness (QED) is 0.725. The second-order valence-electron chi connectivity index (χ2n) is 5.69. The molecule has 0 bridgehead atoms. The van der Waals surface area contributed by atoms with Crippen LogP contribution in [0.2, 0.25) is 0 Å². The summed E-state index contributed by atoms with van der Waals surface area (Å²) in [4.78, 5) is 16.8. The molecule has 0 fully saturated rings. The third kappa shape index (κ3) is 4.09. The van der Waals surface area contributed by atoms with E-state index >= 15 is 0 Å². The van der Waals surface area contributed by atoms with Gasteiger partial charge in [-0.15, -0.1) is 11.3 Å². The number of amides is 1. The van der Waals surface area contributed by atoms with Crippen molar-refractivity contribution in [1.29, 1.82) is 0 Å². The van der Waals surface area contributed by atoms with Crippen molar-refractivity contribution in [3.63, 3.8) is 0 Å². The van der Waals surface area contributed by atoms with Gasteiger partial charge < -0.3 is 14.5 Å². The molecule has 0 aliphatic heterocycles. The van der Waals surface area contributed by atoms with Crippen molar-refractivity contribution in [2.45, 2.75) is 20.3 Å². The number of methoxy groups -OCH3 is 1. The lowest BCUT2D eigenvalue weighted by Gasteiger charge is -2.02. The van der Waals surface area contributed by atoms with Crippen LogP contribution in [0.5, 0.6) is 5.75 Å². The first-order valence-corrected chi connectivity index (χ1v) is 8.89. The Hall–Kier alpha value is -2.60. The van der Waals surface area contributed by atoms with Gasteiger partial charge in [-0.25, -0.2) is 4.98 Å². The van der Waals surface area contributed by atoms with Gasteiger partial charge in [-0.3, -0.25) is 4.79 Å². The van der Waals surface area contributed by atoms with Crippen molar-refractivity contribution in [2.24, 2.45) is 0 Å². The lowest BCUT2D eigenvalue weighted by Crippen LogP contribution is -2.25. The minimum atomic E-state index is -0.110. The molecule has 0 radical (unpaired) electrons. The fourth-order valence-electron chi connectivity index (χ4n) is 2.55. The normalized spacial score (nSPS) is 10.7. The summed E-state index contributed by atoms with van der Waals surface area (Å²) in [5, 5.41) is 5.94. The number of rotatable bonds is 6. The van der Waals surface area contributed by atoms with E-state index in [1.54, 1.807) is 31.4 Å². The van der Waals surface area contributed by atoms with E-state index in [1.807, 2.05) is 36.6 Å². The summed E-state index contributed by atoms with van der Waals surface area (Å²) in [5.41, 5.74) is 2.59. The molecule has 0 aliphatic carbocycles. The summed E-state index contributed by atoms with van der Waals surface area (Å²) < 4.78 is 10.6. The molecule has 2 heterocycles. The van der Waals surface area contributed by atoms with Gasteiger partial charge in [0.05, 0.1) is 23.4 Å². The molecule has 130 valence electrons. The van der Waals surface area contributed by atoms with E-state index in [0.29, 0.717) is 24.3 Å². The van der Waals surface area contributed by atoms with E-state index in [1.165, 1.54) is 0 Å². The molecule has 25 heavy (non-hydrogen) atoms. The molecular formula is C19H20N2O3S. The predicted octanol–water partition coefficient (Wildman–Crippen LogP) is 4.00. The molecule has 5 nitrogen and oxygen atoms in total. The van der Waals surface area contributed by atoms with Crippen molar-refractivity contribution < 1.29 is 13.9 Å². The van der Waals surface area contributed by atoms with E-state index in [9.17, 15) is 4.79 Å². The van der Waals surface area contributed by atoms with Crippen LogP contribution >= 0.6 is 11.3 Å². The number of thiazole rings is 1. The molecule has 3 aromatic rings. The maximum Gasteiger partial charge on any atom is 0.254 e. The Balaban J connectivity index is 1.56. The highest BCUT2D eigenvalue weighted by molar-refractivity contribution is 7.09. The van der Waals surface area contributed by atoms with Gasteiger partial charge in [0.15, 0.2) is 0 Å². The highest BCUT2D eigenvalue weighted by atomic mass is 32.1. The standard InChI is InChI=1S/C19H20N2O3S/c1-12-10-16(13(2)24-12)19(22)20-9-8-18-21-17(11-25-18)14-4-6-15(23-3)7-5-14/h4-7,10-11H,8-9H2,1-3H3,(H,20,22). The number of aryl methyl sites for hydroxylation is 2. The molecule has 0 atom stereocenters. The second-order valence-corrected chi connectivity index (χ2v) is 6.63. The zero-order valence-electron chi connectivity index (χ0n) is 14.5. The summed E-state index contributed by atoms with van der Waals surface area (Å²) in [5.74, 6) is 2.10. The number of nitrogens with zero attached hydrogens (tertiary/aromatic N) is 1. The second kappa shape index (κ2) is 7.53. The van der Waals surface area contributed by atoms with Crippen LogP contribution in [0.25, 0.3) is 11.3 Å². The molecular weight excluding hydrogens is 336 g/mol. The maximum absolute atomic E-state index is 12.2. The van der Waals surface area contributed by atoms with Crippen LogP contribution < -0.4 is 10.1 Å². The first kappa shape index (κ1) is 17.2. The fourth-order valence-corrected chi connectivity index (χ4v) is 3.36. The van der Waals surface area contributed by atoms with E-state index in [0.717, 1.165) is 27.8 Å². The van der Waals surface area contributed by atoms with Crippen molar-refractivity contribution in [3.8, 4) is 17.0 Å². The van der Waals surface area contributed by atoms with Crippen LogP contribution in [0.4, 0.5) is 0 Å². The monoisotopic (exact) mass is 356 g/mol. The Morgan fingerprint density at radius 3 is 2.68 bits per heavy atom. The summed E-state index contributed by atoms with van der Waals surface area (Å²) in [6.45, 7) is 4.17. The summed E-state index contributed by atoms with van der Waals surface area (Å²) >= 11 is 1.60. The average Bonchev–Trinajstić information content (AvgIpc) is 3.21. The van der Waals surface area contributed by atoms with Crippen molar-refractivity contribution >= 4 is 17.2 Å². The zero-order valence-corrected chi connectivity index (χ0v) is 15.3. The van der Waals surface area contributed by atoms with Gasteiger partial charge >= 0.3 is 0 Å². The lowest BCUT2D eigenvalue weighted by molar-refractivity contribution is 0.0952. The van der Waals surface area contributed by atoms with Crippen LogP contribution in [-0.4, -0.2) is 24.5 Å². The highest BCUT2D eigenvalue weighted by Gasteiger charge is 2.13. The Bertz CT molecular complexity index is 865. The van der Waals surface area contributed by atoms with Gasteiger partial charge in [-0.05, 0) is 44.2 Å². The minimum Gasteiger partial charge on any atom is -0.497 e. The van der Waals surface area contributed by atoms with Crippen LogP contribution in [0.3, 0.4) is 0 Å². The van der Waals surface area contributed by atoms with Gasteiger partial charge in [0.25, 0.3) is 5.91 Å². The van der Waals surface area contributed by atoms with Crippen molar-refractivity contribution in [1.82, 2.24) is 10.3 Å². The fraction of sp³-hybridized carbons (Fsp3) is 0.263. The van der Waals surface area contributed by atoms with Crippen molar-refractivity contribution in [3.05, 3.63) is 57.8 Å². The highest BCUT2D eigenvalue weighted by Crippen LogP contribution is 2.24. The van der Waals surface area contributed by atoms with Crippen LogP contribution in [0.1, 0.15) is 26.9 Å². The number of nitrogens with one attached hydrogen (secondary N) is 1. The third-order valence-electron chi connectivity index (χ3n) is 3.85. The zero-order chi connectivity index (χ0) is 17.8. The number of hydrogen-bond donors (Lipinski definition) is 1. The van der Waals surface area contributed by atoms with Gasteiger partial charge in [-0.2, -0.15) is 0 Å². The Morgan fingerprint density at radius 1 is 1.28 bits per heavy atom. The average molecular weight is 356 g/mol. The molecule has 0 spiro atoms. The Labute approximate surface area is 150 Å². The number of benzene rings is 1. The molecule has 2 aromatic heterocycles. The summed E-state index contributed by atoms with van der Waals surface area (Å²) in [7, 11) is 1.65. The molecule has 0 saturated heterocycles. The first-order valence-electron chi connectivity index (χ1n) is 8.01. The van der Waals surface area contributed by atoms with E-state index < -0.39 is 0 Å². The summed E-state index contributed by atoms with van der Waals surface area (Å²) in [6, 6.07) is 9.58. The van der Waals surface area contributed by atoms with Crippen LogP contribution in [0.15, 0.2) is 40.1 Å². The topological polar surface area (TPSA) is 64.4 Å². The molecule has 0 unspecified atom stereocenters. The Kier molecular flexibility index (Phi) is 5.19. The lowest BCUT2D eigenvalue weighted by atomic mass is 10.2. The molecule has 1 amide bonds. The van der Waals surface area contributed by atoms with Crippen LogP contribution in [-0.2, 0) is 6.42 Å². The molecule has 1 N–H and O–H groups in total. The van der Waals surface area contributed by atoms with Crippen LogP contribution in [0, 0.1) is 13.8 Å². The number of hydrogen-bond acceptors (Lipinski definition) is 5. The SMILES string of the molecule is COc1ccc(-c2csc(CCNC(=O)c3cc(C)oc3C)n2)cc1. The smallest absolute Gasteiger partial charge is 0.254 e. The van der Waals surface area contributed by atoms with Gasteiger partial charge in [-0.1, -0.05) is 0 Å². The number of aromatic nitrogens is 1. The minimum absolute atomic E-state index is 0.110. The van der Waals surface area contributed by atoms with E-state index in [2.05, 4.69) is 10.3 Å². The van der Waals surface area contributed by atoms with Gasteiger partial charge in [0.1, 0.15) is 17.3 Å². The first-order chi connectivity index (χ1) is 12.1. The summed E-state index contributed by atoms with van der Waals surface area (Å²) in [6.07, 6.45) is 0.697. The molecule has 6 heteroatoms. The number of carbonyl (C=O) groups is 1. The molecule has 1 aromatic carbocycles. The largest absolute Gasteiger partial charge is 0.497 e. The van der Waals surface area contributed by atoms with E-state index in [-0.39, 0.29) is 5.91 Å². The number of ether oxygens (including phenoxy) is 1. The van der Waals surface area contributed by atoms with Gasteiger partial charge in [0, 0.05) is 23.9 Å². The predicted molar refractivity (Wildman–Crippen MR) is 98.3 cm³/mol. The number of furan rings is 1. The van der Waals surface area contributed by atoms with E-state index in [4.69, 9.17) is 9.15 Å². The maximum atomic E-state index is 12.2. The molecule has 3 rings (SSSR count). The molecule has 0 aliphatic rings. The third-order valence-corrected chi connectivity index (χ3v) is 4.76. The Morgan fingerprint density at radius 2 is 2.04 bits per heavy atom. The van der Waals surface area contributed by atoms with Gasteiger partial charge in [0.2, 0.25) is 0 Å². The molecule has 0 saturated carbocycles. The van der Waals surface area contributed by atoms with Crippen molar-refractivity contribution in [2.75, 3.05) is 13.7 Å². The number of carbonyl (C=O) groups excluding carboxylic acids is 1.